The Morgan fingerprint density at radius 1 is 0.384 bits per heavy atom. The zero-order valence-electron chi connectivity index (χ0n) is 45.8. The largest absolute Gasteiger partial charge is 2.00 e. The first-order valence-corrected chi connectivity index (χ1v) is 27.6. The van der Waals surface area contributed by atoms with Gasteiger partial charge in [-0.25, -0.2) is 0 Å². The van der Waals surface area contributed by atoms with Gasteiger partial charge in [0.1, 0.15) is 0 Å². The predicted octanol–water partition coefficient (Wildman–Crippen LogP) is 14.7. The molecule has 73 heavy (non-hydrogen) atoms. The number of hydrogen-bond donors (Lipinski definition) is 4. The molecule has 0 heterocycles. The van der Waals surface area contributed by atoms with Gasteiger partial charge in [0.05, 0.1) is 34.7 Å². The molecule has 0 saturated heterocycles. The normalized spacial score (nSPS) is 11.3. The molecule has 11 heteroatoms. The number of hydrogen-bond acceptors (Lipinski definition) is 10. The van der Waals surface area contributed by atoms with Crippen molar-refractivity contribution in [1.82, 2.24) is 0 Å². The first-order valence-electron chi connectivity index (χ1n) is 27.6. The van der Waals surface area contributed by atoms with Crippen LogP contribution in [-0.2, 0) is 55.0 Å². The summed E-state index contributed by atoms with van der Waals surface area (Å²) in [5.41, 5.74) is 11.1. The summed E-state index contributed by atoms with van der Waals surface area (Å²) in [6.45, 7) is 17.8. The summed E-state index contributed by atoms with van der Waals surface area (Å²) >= 11 is 0. The first-order chi connectivity index (χ1) is 34.7. The summed E-state index contributed by atoms with van der Waals surface area (Å²) in [6, 6.07) is 19.6. The number of nitrogens with zero attached hydrogens (tertiary/aromatic N) is 2. The molecule has 0 spiro atoms. The Bertz CT molecular complexity index is 2130. The molecule has 0 aromatic heterocycles. The van der Waals surface area contributed by atoms with E-state index < -0.39 is 34.9 Å². The number of carboxylic acids is 2. The van der Waals surface area contributed by atoms with E-state index in [0.717, 1.165) is 88.4 Å². The van der Waals surface area contributed by atoms with E-state index in [2.05, 4.69) is 77.9 Å². The molecule has 0 aliphatic heterocycles. The maximum Gasteiger partial charge on any atom is 2.00 e. The molecule has 0 fully saturated rings. The third kappa shape index (κ3) is 23.7. The van der Waals surface area contributed by atoms with Gasteiger partial charge in [-0.1, -0.05) is 144 Å². The maximum atomic E-state index is 10.8. The van der Waals surface area contributed by atoms with E-state index in [1.165, 1.54) is 135 Å². The number of carbonyl (C=O) groups is 2. The maximum absolute atomic E-state index is 10.8. The van der Waals surface area contributed by atoms with Crippen molar-refractivity contribution in [1.29, 1.82) is 0 Å². The number of carbonyl (C=O) groups excluding carboxylic acids is 2. The molecule has 0 amide bonds. The molecular formula is C62H90N2NiO8. The van der Waals surface area contributed by atoms with Crippen LogP contribution in [0, 0.1) is 0 Å². The Morgan fingerprint density at radius 3 is 0.973 bits per heavy atom. The second-order valence-corrected chi connectivity index (χ2v) is 19.1. The number of aliphatic imine (C=N–C) groups is 2. The molecule has 0 unspecified atom stereocenters. The third-order valence-electron chi connectivity index (χ3n) is 13.0. The van der Waals surface area contributed by atoms with Gasteiger partial charge in [-0.15, -0.1) is 0 Å². The molecule has 4 aromatic rings. The fraction of sp³-hybridized carbons (Fsp3) is 0.548. The van der Waals surface area contributed by atoms with Crippen molar-refractivity contribution in [3.8, 4) is 23.0 Å². The smallest absolute Gasteiger partial charge is 0.545 e. The van der Waals surface area contributed by atoms with Gasteiger partial charge in [0.25, 0.3) is 0 Å². The Morgan fingerprint density at radius 2 is 0.671 bits per heavy atom. The molecule has 0 aliphatic rings. The summed E-state index contributed by atoms with van der Waals surface area (Å²) in [7, 11) is 0. The molecule has 0 aliphatic carbocycles. The van der Waals surface area contributed by atoms with Crippen molar-refractivity contribution in [2.45, 2.75) is 222 Å². The van der Waals surface area contributed by atoms with Crippen LogP contribution in [-0.4, -0.2) is 43.8 Å². The van der Waals surface area contributed by atoms with Crippen LogP contribution in [0.4, 0.5) is 11.4 Å². The quantitative estimate of drug-likeness (QED) is 0.0166. The molecule has 0 bridgehead atoms. The number of phenols is 4. The van der Waals surface area contributed by atoms with Crippen LogP contribution in [0.5, 0.6) is 23.0 Å². The van der Waals surface area contributed by atoms with E-state index in [1.54, 1.807) is 0 Å². The van der Waals surface area contributed by atoms with Crippen LogP contribution in [0.3, 0.4) is 0 Å². The van der Waals surface area contributed by atoms with E-state index in [0.29, 0.717) is 24.0 Å². The van der Waals surface area contributed by atoms with Crippen molar-refractivity contribution in [2.75, 3.05) is 0 Å². The van der Waals surface area contributed by atoms with E-state index in [-0.39, 0.29) is 27.6 Å². The van der Waals surface area contributed by atoms with Gasteiger partial charge in [0, 0.05) is 11.1 Å². The number of phenolic OH excluding ortho intramolecular Hbond substituents is 2. The van der Waals surface area contributed by atoms with Crippen LogP contribution in [0.25, 0.3) is 0 Å². The first kappa shape index (κ1) is 65.9. The van der Waals surface area contributed by atoms with Crippen molar-refractivity contribution >= 4 is 34.7 Å². The fourth-order valence-electron chi connectivity index (χ4n) is 8.56. The SMILES string of the molecule is CCCCC(=Nc1ccc(CCCC)c(CCCC)c1)C(CCCC)=Nc1ccc(CCCC)c(CCCC)c1.CCCCCc1ccc(O)c(O)c1C(=O)[O-].CCCCCc1ccc(O)c(O)c1C(=O)[O-].[Ni+2]. The van der Waals surface area contributed by atoms with E-state index in [4.69, 9.17) is 9.98 Å². The summed E-state index contributed by atoms with van der Waals surface area (Å²) in [6.07, 6.45) is 28.1. The standard InChI is InChI=1S/C38H60N2.2C12H16O4.Ni/c1-7-13-19-31-25-27-35(29-33(31)21-15-9-3)39-37(23-17-11-5)38(24-18-12-6)40-36-28-26-32(20-14-8-2)34(30-36)22-16-10-4;2*1-2-3-4-5-8-6-7-9(13)11(14)10(8)12(15)16;/h25-30H,7-24H2,1-6H3;2*6-7,13-14H,2-5H2,1H3,(H,15,16);/q;;;+2/p-2. The Kier molecular flexibility index (Phi) is 34.7. The number of aromatic hydroxyl groups is 4. The van der Waals surface area contributed by atoms with E-state index in [9.17, 15) is 40.2 Å². The molecule has 406 valence electrons. The molecule has 0 atom stereocenters. The minimum Gasteiger partial charge on any atom is -0.545 e. The van der Waals surface area contributed by atoms with E-state index >= 15 is 0 Å². The second-order valence-electron chi connectivity index (χ2n) is 19.1. The third-order valence-corrected chi connectivity index (χ3v) is 13.0. The average molecular weight is 1050 g/mol. The summed E-state index contributed by atoms with van der Waals surface area (Å²) in [4.78, 5) is 32.4. The number of carboxylic acid groups (broad SMARTS) is 2. The monoisotopic (exact) mass is 1050 g/mol. The second kappa shape index (κ2) is 38.4. The zero-order valence-corrected chi connectivity index (χ0v) is 46.8. The minimum atomic E-state index is -1.46. The Labute approximate surface area is 449 Å². The van der Waals surface area contributed by atoms with Crippen LogP contribution in [0.2, 0.25) is 0 Å². The number of unbranched alkanes of at least 4 members (excludes halogenated alkanes) is 10. The average Bonchev–Trinajstić information content (AvgIpc) is 3.37. The van der Waals surface area contributed by atoms with Gasteiger partial charge in [-0.3, -0.25) is 9.98 Å². The van der Waals surface area contributed by atoms with E-state index in [1.807, 2.05) is 13.8 Å². The summed E-state index contributed by atoms with van der Waals surface area (Å²) < 4.78 is 0. The van der Waals surface area contributed by atoms with Crippen molar-refractivity contribution in [3.63, 3.8) is 0 Å². The van der Waals surface area contributed by atoms with Crippen LogP contribution < -0.4 is 10.2 Å². The van der Waals surface area contributed by atoms with Crippen LogP contribution in [0.1, 0.15) is 238 Å². The molecule has 4 N–H and O–H groups in total. The molecule has 0 radical (unpaired) electrons. The number of aromatic carboxylic acids is 2. The molecule has 4 rings (SSSR count). The number of rotatable bonds is 31. The Balaban J connectivity index is 0.000000658. The molecule has 0 saturated carbocycles. The van der Waals surface area contributed by atoms with Gasteiger partial charge in [-0.2, -0.15) is 0 Å². The number of aryl methyl sites for hydroxylation is 6. The fourth-order valence-corrected chi connectivity index (χ4v) is 8.56. The van der Waals surface area contributed by atoms with Gasteiger partial charge < -0.3 is 40.2 Å². The Hall–Kier alpha value is -5.15. The molecule has 4 aromatic carbocycles. The van der Waals surface area contributed by atoms with Gasteiger partial charge in [0.2, 0.25) is 0 Å². The minimum absolute atomic E-state index is 0. The van der Waals surface area contributed by atoms with Crippen molar-refractivity contribution < 1.29 is 56.7 Å². The summed E-state index contributed by atoms with van der Waals surface area (Å²) in [5, 5.41) is 59.0. The summed E-state index contributed by atoms with van der Waals surface area (Å²) in [5.74, 6) is -4.99. The van der Waals surface area contributed by atoms with Gasteiger partial charge in [0.15, 0.2) is 23.0 Å². The number of benzene rings is 4. The predicted molar refractivity (Wildman–Crippen MR) is 295 cm³/mol. The van der Waals surface area contributed by atoms with Crippen LogP contribution in [0.15, 0.2) is 70.6 Å². The zero-order chi connectivity index (χ0) is 53.3. The topological polar surface area (TPSA) is 186 Å². The van der Waals surface area contributed by atoms with Gasteiger partial charge in [-0.05, 0) is 173 Å². The van der Waals surface area contributed by atoms with Crippen LogP contribution >= 0.6 is 0 Å². The van der Waals surface area contributed by atoms with Gasteiger partial charge >= 0.3 is 16.5 Å². The van der Waals surface area contributed by atoms with Crippen molar-refractivity contribution in [3.05, 3.63) is 105 Å². The molecular weight excluding hydrogens is 959 g/mol. The van der Waals surface area contributed by atoms with Crippen molar-refractivity contribution in [2.24, 2.45) is 9.98 Å². The molecule has 10 nitrogen and oxygen atoms in total.